The molecule has 176 valence electrons. The Balaban J connectivity index is 1.75. The molecule has 0 aliphatic carbocycles. The molecule has 35 heavy (non-hydrogen) atoms. The van der Waals surface area contributed by atoms with E-state index in [0.717, 1.165) is 28.0 Å². The third kappa shape index (κ3) is 4.06. The minimum atomic E-state index is -4.32. The van der Waals surface area contributed by atoms with Crippen LogP contribution in [0.4, 0.5) is 20.3 Å². The van der Waals surface area contributed by atoms with E-state index in [4.69, 9.17) is 9.26 Å². The summed E-state index contributed by atoms with van der Waals surface area (Å²) in [5.41, 5.74) is -0.0277. The highest BCUT2D eigenvalue weighted by Gasteiger charge is 2.32. The molecule has 0 N–H and O–H groups in total. The fraction of sp³-hybridized carbons (Fsp3) is 0.0417. The van der Waals surface area contributed by atoms with Gasteiger partial charge in [0.2, 0.25) is 0 Å². The monoisotopic (exact) mass is 494 g/mol. The third-order valence-electron chi connectivity index (χ3n) is 5.29. The Morgan fingerprint density at radius 2 is 1.80 bits per heavy atom. The molecule has 2 aromatic carbocycles. The number of pyridine rings is 2. The van der Waals surface area contributed by atoms with Crippen molar-refractivity contribution in [3.63, 3.8) is 0 Å². The van der Waals surface area contributed by atoms with Crippen LogP contribution in [-0.2, 0) is 10.0 Å². The van der Waals surface area contributed by atoms with Gasteiger partial charge in [-0.2, -0.15) is 0 Å². The normalized spacial score (nSPS) is 11.5. The van der Waals surface area contributed by atoms with Crippen molar-refractivity contribution in [2.24, 2.45) is 0 Å². The fourth-order valence-corrected chi connectivity index (χ4v) is 5.13. The number of nitrogens with zero attached hydrogens (tertiary/aromatic N) is 4. The summed E-state index contributed by atoms with van der Waals surface area (Å²) in [4.78, 5) is 7.74. The number of halogens is 2. The van der Waals surface area contributed by atoms with Crippen LogP contribution >= 0.6 is 0 Å². The first-order valence-corrected chi connectivity index (χ1v) is 11.6. The number of hydrogen-bond donors (Lipinski definition) is 0. The van der Waals surface area contributed by atoms with Crippen LogP contribution in [-0.4, -0.2) is 30.7 Å². The molecule has 8 nitrogen and oxygen atoms in total. The molecule has 0 bridgehead atoms. The van der Waals surface area contributed by atoms with Crippen LogP contribution in [0.5, 0.6) is 5.75 Å². The molecule has 0 spiro atoms. The molecular formula is C24H16F2N4O4S. The molecule has 3 heterocycles. The van der Waals surface area contributed by atoms with Crippen LogP contribution in [0, 0.1) is 11.6 Å². The zero-order valence-corrected chi connectivity index (χ0v) is 18.9. The quantitative estimate of drug-likeness (QED) is 0.324. The number of benzene rings is 2. The maximum absolute atomic E-state index is 15.0. The Labute approximate surface area is 198 Å². The molecule has 0 saturated heterocycles. The first kappa shape index (κ1) is 22.4. The molecule has 0 atom stereocenters. The lowest BCUT2D eigenvalue weighted by molar-refractivity contribution is 0.411. The number of ether oxygens (including phenoxy) is 1. The van der Waals surface area contributed by atoms with Crippen molar-refractivity contribution in [1.29, 1.82) is 0 Å². The van der Waals surface area contributed by atoms with Gasteiger partial charge >= 0.3 is 0 Å². The zero-order valence-electron chi connectivity index (χ0n) is 18.1. The molecule has 5 rings (SSSR count). The second-order valence-electron chi connectivity index (χ2n) is 7.41. The smallest absolute Gasteiger partial charge is 0.270 e. The van der Waals surface area contributed by atoms with Gasteiger partial charge in [-0.05, 0) is 35.7 Å². The SMILES string of the molecule is COc1cc(F)c(-c2cncc(F)c2)cc1N(c1ccon1)S(=O)(=O)c1ccc2cnccc2c1. The Bertz CT molecular complexity index is 1640. The highest BCUT2D eigenvalue weighted by Crippen LogP contribution is 2.41. The van der Waals surface area contributed by atoms with Crippen LogP contribution in [0.15, 0.2) is 89.0 Å². The molecule has 0 amide bonds. The van der Waals surface area contributed by atoms with E-state index in [0.29, 0.717) is 5.39 Å². The molecule has 0 unspecified atom stereocenters. The van der Waals surface area contributed by atoms with Crippen LogP contribution < -0.4 is 9.04 Å². The van der Waals surface area contributed by atoms with Crippen LogP contribution in [0.25, 0.3) is 21.9 Å². The number of aromatic nitrogens is 3. The Morgan fingerprint density at radius 3 is 2.54 bits per heavy atom. The van der Waals surface area contributed by atoms with Crippen molar-refractivity contribution in [3.8, 4) is 16.9 Å². The summed E-state index contributed by atoms with van der Waals surface area (Å²) >= 11 is 0. The third-order valence-corrected chi connectivity index (χ3v) is 7.00. The molecule has 0 radical (unpaired) electrons. The van der Waals surface area contributed by atoms with E-state index in [-0.39, 0.29) is 33.3 Å². The van der Waals surface area contributed by atoms with Gasteiger partial charge in [-0.25, -0.2) is 21.5 Å². The molecule has 11 heteroatoms. The van der Waals surface area contributed by atoms with E-state index in [2.05, 4.69) is 15.1 Å². The molecular weight excluding hydrogens is 478 g/mol. The van der Waals surface area contributed by atoms with E-state index in [1.54, 1.807) is 24.5 Å². The average molecular weight is 494 g/mol. The number of rotatable bonds is 6. The molecule has 0 aliphatic rings. The lowest BCUT2D eigenvalue weighted by atomic mass is 10.1. The van der Waals surface area contributed by atoms with Gasteiger partial charge in [0.05, 0.1) is 18.2 Å². The first-order chi connectivity index (χ1) is 16.9. The molecule has 0 saturated carbocycles. The van der Waals surface area contributed by atoms with Crippen molar-refractivity contribution in [2.45, 2.75) is 4.90 Å². The molecule has 5 aromatic rings. The topological polar surface area (TPSA) is 98.4 Å². The maximum Gasteiger partial charge on any atom is 0.270 e. The Hall–Kier alpha value is -4.38. The minimum absolute atomic E-state index is 0.0560. The first-order valence-electron chi connectivity index (χ1n) is 10.2. The van der Waals surface area contributed by atoms with Crippen LogP contribution in [0.2, 0.25) is 0 Å². The van der Waals surface area contributed by atoms with Gasteiger partial charge < -0.3 is 9.26 Å². The van der Waals surface area contributed by atoms with Crippen LogP contribution in [0.3, 0.4) is 0 Å². The summed E-state index contributed by atoms with van der Waals surface area (Å²) in [6.45, 7) is 0. The predicted molar refractivity (Wildman–Crippen MR) is 124 cm³/mol. The highest BCUT2D eigenvalue weighted by atomic mass is 32.2. The van der Waals surface area contributed by atoms with Crippen molar-refractivity contribution in [2.75, 3.05) is 11.4 Å². The second kappa shape index (κ2) is 8.76. The van der Waals surface area contributed by atoms with E-state index < -0.39 is 21.7 Å². The van der Waals surface area contributed by atoms with E-state index in [1.165, 1.54) is 43.8 Å². The van der Waals surface area contributed by atoms with Gasteiger partial charge in [-0.3, -0.25) is 9.97 Å². The zero-order chi connectivity index (χ0) is 24.6. The van der Waals surface area contributed by atoms with Gasteiger partial charge in [-0.15, -0.1) is 0 Å². The molecule has 0 aliphatic heterocycles. The Morgan fingerprint density at radius 1 is 0.943 bits per heavy atom. The summed E-state index contributed by atoms with van der Waals surface area (Å²) in [5.74, 6) is -1.61. The number of sulfonamides is 1. The largest absolute Gasteiger partial charge is 0.494 e. The van der Waals surface area contributed by atoms with Crippen molar-refractivity contribution in [1.82, 2.24) is 15.1 Å². The number of methoxy groups -OCH3 is 1. The maximum atomic E-state index is 15.0. The van der Waals surface area contributed by atoms with Gasteiger partial charge in [0.1, 0.15) is 29.3 Å². The number of fused-ring (bicyclic) bond motifs is 1. The van der Waals surface area contributed by atoms with Gasteiger partial charge in [-0.1, -0.05) is 11.2 Å². The van der Waals surface area contributed by atoms with E-state index >= 15 is 0 Å². The number of hydrogen-bond acceptors (Lipinski definition) is 7. The summed E-state index contributed by atoms with van der Waals surface area (Å²) in [5, 5.41) is 5.20. The highest BCUT2D eigenvalue weighted by molar-refractivity contribution is 7.93. The predicted octanol–water partition coefficient (Wildman–Crippen LogP) is 5.10. The second-order valence-corrected chi connectivity index (χ2v) is 9.19. The number of anilines is 2. The lowest BCUT2D eigenvalue weighted by Gasteiger charge is -2.24. The summed E-state index contributed by atoms with van der Waals surface area (Å²) < 4.78 is 67.8. The summed E-state index contributed by atoms with van der Waals surface area (Å²) in [7, 11) is -3.05. The Kier molecular flexibility index (Phi) is 5.61. The van der Waals surface area contributed by atoms with Crippen LogP contribution in [0.1, 0.15) is 0 Å². The summed E-state index contributed by atoms with van der Waals surface area (Å²) in [6, 6.07) is 10.9. The minimum Gasteiger partial charge on any atom is -0.494 e. The molecule has 3 aromatic heterocycles. The molecule has 0 fully saturated rings. The van der Waals surface area contributed by atoms with Gasteiger partial charge in [0.15, 0.2) is 5.82 Å². The fourth-order valence-electron chi connectivity index (χ4n) is 3.66. The van der Waals surface area contributed by atoms with Crippen molar-refractivity contribution in [3.05, 3.63) is 91.2 Å². The van der Waals surface area contributed by atoms with Crippen molar-refractivity contribution < 1.29 is 26.5 Å². The van der Waals surface area contributed by atoms with Gasteiger partial charge in [0, 0.05) is 47.2 Å². The van der Waals surface area contributed by atoms with E-state index in [1.807, 2.05) is 0 Å². The standard InChI is InChI=1S/C24H16F2N4O4S/c1-33-23-11-21(26)20(17-8-18(25)14-28-13-17)10-22(23)30(24-5-7-34-29-24)35(31,32)19-3-2-16-12-27-6-4-15(16)9-19/h2-14H,1H3. The lowest BCUT2D eigenvalue weighted by Crippen LogP contribution is -2.27. The summed E-state index contributed by atoms with van der Waals surface area (Å²) in [6.07, 6.45) is 6.62. The average Bonchev–Trinajstić information content (AvgIpc) is 3.38. The van der Waals surface area contributed by atoms with Crippen molar-refractivity contribution >= 4 is 32.3 Å². The van der Waals surface area contributed by atoms with Gasteiger partial charge in [0.25, 0.3) is 10.0 Å². The van der Waals surface area contributed by atoms with E-state index in [9.17, 15) is 17.2 Å².